The van der Waals surface area contributed by atoms with E-state index in [0.29, 0.717) is 22.8 Å². The monoisotopic (exact) mass is 519 g/mol. The molecule has 0 saturated carbocycles. The van der Waals surface area contributed by atoms with E-state index >= 15 is 0 Å². The van der Waals surface area contributed by atoms with Crippen LogP contribution in [0, 0.1) is 0 Å². The van der Waals surface area contributed by atoms with E-state index in [4.69, 9.17) is 4.74 Å². The number of ether oxygens (including phenoxy) is 1. The maximum Gasteiger partial charge on any atom is 0.251 e. The first kappa shape index (κ1) is 23.3. The number of hydrogen-bond acceptors (Lipinski definition) is 4. The minimum atomic E-state index is -1.00. The van der Waals surface area contributed by atoms with E-state index in [1.165, 1.54) is 11.0 Å². The molecule has 7 nitrogen and oxygen atoms in total. The van der Waals surface area contributed by atoms with E-state index in [-0.39, 0.29) is 12.3 Å². The van der Waals surface area contributed by atoms with Gasteiger partial charge >= 0.3 is 0 Å². The quantitative estimate of drug-likeness (QED) is 0.455. The van der Waals surface area contributed by atoms with Gasteiger partial charge in [-0.1, -0.05) is 46.3 Å². The molecule has 0 fully saturated rings. The molecular weight excluding hydrogens is 498 g/mol. The van der Waals surface area contributed by atoms with Gasteiger partial charge in [-0.25, -0.2) is 0 Å². The first-order valence-electron chi connectivity index (χ1n) is 10.6. The minimum Gasteiger partial charge on any atom is -0.497 e. The fourth-order valence-electron chi connectivity index (χ4n) is 3.66. The highest BCUT2D eigenvalue weighted by Crippen LogP contribution is 2.33. The third-order valence-electron chi connectivity index (χ3n) is 5.29. The van der Waals surface area contributed by atoms with Crippen LogP contribution in [0.5, 0.6) is 5.75 Å². The largest absolute Gasteiger partial charge is 0.497 e. The van der Waals surface area contributed by atoms with Gasteiger partial charge in [-0.05, 0) is 54.1 Å². The Hall–Kier alpha value is -3.91. The van der Waals surface area contributed by atoms with Gasteiger partial charge in [-0.3, -0.25) is 19.3 Å². The van der Waals surface area contributed by atoms with E-state index in [2.05, 4.69) is 26.6 Å². The molecule has 172 valence electrons. The Bertz CT molecular complexity index is 1260. The number of fused-ring (bicyclic) bond motifs is 1. The van der Waals surface area contributed by atoms with Crippen LogP contribution in [-0.4, -0.2) is 30.9 Å². The number of nitrogens with zero attached hydrogens (tertiary/aromatic N) is 1. The molecule has 3 aromatic carbocycles. The molecule has 8 heteroatoms. The second kappa shape index (κ2) is 10.4. The van der Waals surface area contributed by atoms with Crippen LogP contribution in [0.1, 0.15) is 12.0 Å². The molecule has 0 saturated heterocycles. The number of rotatable bonds is 6. The molecular formula is C26H22BrN3O4. The zero-order chi connectivity index (χ0) is 24.1. The van der Waals surface area contributed by atoms with Crippen LogP contribution < -0.4 is 20.3 Å². The van der Waals surface area contributed by atoms with Crippen LogP contribution in [-0.2, 0) is 14.4 Å². The third-order valence-corrected chi connectivity index (χ3v) is 5.79. The number of para-hydroxylation sites is 2. The second-order valence-corrected chi connectivity index (χ2v) is 8.52. The Labute approximate surface area is 205 Å². The summed E-state index contributed by atoms with van der Waals surface area (Å²) in [5.74, 6) is -0.496. The number of anilines is 3. The van der Waals surface area contributed by atoms with Gasteiger partial charge in [0.2, 0.25) is 11.8 Å². The Morgan fingerprint density at radius 3 is 2.59 bits per heavy atom. The molecule has 0 spiro atoms. The van der Waals surface area contributed by atoms with E-state index in [0.717, 1.165) is 10.0 Å². The van der Waals surface area contributed by atoms with Crippen molar-refractivity contribution in [2.45, 2.75) is 12.5 Å². The summed E-state index contributed by atoms with van der Waals surface area (Å²) in [5, 5.41) is 5.59. The molecule has 0 radical (unpaired) electrons. The zero-order valence-corrected chi connectivity index (χ0v) is 19.9. The van der Waals surface area contributed by atoms with E-state index in [9.17, 15) is 14.4 Å². The molecule has 3 amide bonds. The van der Waals surface area contributed by atoms with Gasteiger partial charge in [0, 0.05) is 16.2 Å². The smallest absolute Gasteiger partial charge is 0.251 e. The molecule has 0 bridgehead atoms. The van der Waals surface area contributed by atoms with Gasteiger partial charge in [0.15, 0.2) is 0 Å². The van der Waals surface area contributed by atoms with Crippen LogP contribution >= 0.6 is 15.9 Å². The van der Waals surface area contributed by atoms with Gasteiger partial charge in [0.05, 0.1) is 24.9 Å². The van der Waals surface area contributed by atoms with Crippen LogP contribution in [0.2, 0.25) is 0 Å². The highest BCUT2D eigenvalue weighted by atomic mass is 79.9. The number of benzene rings is 3. The summed E-state index contributed by atoms with van der Waals surface area (Å²) in [6, 6.07) is 20.4. The Kier molecular flexibility index (Phi) is 7.08. The number of amides is 3. The number of carbonyl (C=O) groups excluding carboxylic acids is 3. The number of methoxy groups -OCH3 is 1. The van der Waals surface area contributed by atoms with Crippen molar-refractivity contribution in [1.29, 1.82) is 0 Å². The van der Waals surface area contributed by atoms with E-state index < -0.39 is 17.9 Å². The summed E-state index contributed by atoms with van der Waals surface area (Å²) in [4.78, 5) is 40.4. The van der Waals surface area contributed by atoms with E-state index in [1.54, 1.807) is 67.8 Å². The van der Waals surface area contributed by atoms with Crippen LogP contribution in [0.25, 0.3) is 6.08 Å². The van der Waals surface area contributed by atoms with Crippen LogP contribution in [0.3, 0.4) is 0 Å². The first-order valence-corrected chi connectivity index (χ1v) is 11.3. The lowest BCUT2D eigenvalue weighted by Gasteiger charge is -2.35. The van der Waals surface area contributed by atoms with Crippen molar-refractivity contribution in [3.63, 3.8) is 0 Å². The fraction of sp³-hybridized carbons (Fsp3) is 0.115. The highest BCUT2D eigenvalue weighted by molar-refractivity contribution is 9.10. The lowest BCUT2D eigenvalue weighted by atomic mass is 10.0. The van der Waals surface area contributed by atoms with Crippen molar-refractivity contribution in [1.82, 2.24) is 0 Å². The molecule has 1 atom stereocenters. The van der Waals surface area contributed by atoms with Gasteiger partial charge < -0.3 is 15.4 Å². The van der Waals surface area contributed by atoms with Gasteiger partial charge in [0.25, 0.3) is 5.91 Å². The predicted octanol–water partition coefficient (Wildman–Crippen LogP) is 4.85. The standard InChI is InChI=1S/C26H22BrN3O4/c1-34-20-12-9-17(10-13-20)11-14-25(32)30-22-8-3-2-7-21(22)29-26(33)23(30)16-24(31)28-19-6-4-5-18(27)15-19/h2-15,23H,16H2,1H3,(H,28,31)(H,29,33)/b14-11+/t23-/m1/s1. The average Bonchev–Trinajstić information content (AvgIpc) is 2.83. The lowest BCUT2D eigenvalue weighted by Crippen LogP contribution is -2.52. The molecule has 0 aromatic heterocycles. The average molecular weight is 520 g/mol. The number of carbonyl (C=O) groups is 3. The van der Waals surface area contributed by atoms with Crippen molar-refractivity contribution >= 4 is 56.8 Å². The first-order chi connectivity index (χ1) is 16.4. The van der Waals surface area contributed by atoms with Crippen molar-refractivity contribution in [3.8, 4) is 5.75 Å². The molecule has 1 aliphatic rings. The van der Waals surface area contributed by atoms with E-state index in [1.807, 2.05) is 18.2 Å². The molecule has 1 aliphatic heterocycles. The molecule has 34 heavy (non-hydrogen) atoms. The summed E-state index contributed by atoms with van der Waals surface area (Å²) in [7, 11) is 1.58. The van der Waals surface area contributed by atoms with Gasteiger partial charge in [-0.15, -0.1) is 0 Å². The van der Waals surface area contributed by atoms with Crippen molar-refractivity contribution < 1.29 is 19.1 Å². The SMILES string of the molecule is COc1ccc(/C=C/C(=O)N2c3ccccc3NC(=O)[C@H]2CC(=O)Nc2cccc(Br)c2)cc1. The highest BCUT2D eigenvalue weighted by Gasteiger charge is 2.37. The topological polar surface area (TPSA) is 87.7 Å². The summed E-state index contributed by atoms with van der Waals surface area (Å²) < 4.78 is 5.97. The lowest BCUT2D eigenvalue weighted by molar-refractivity contribution is -0.124. The van der Waals surface area contributed by atoms with Gasteiger partial charge in [-0.2, -0.15) is 0 Å². The van der Waals surface area contributed by atoms with Crippen molar-refractivity contribution in [2.75, 3.05) is 22.6 Å². The Balaban J connectivity index is 1.58. The van der Waals surface area contributed by atoms with Crippen molar-refractivity contribution in [3.05, 3.63) is 88.9 Å². The summed E-state index contributed by atoms with van der Waals surface area (Å²) in [6.07, 6.45) is 2.86. The fourth-order valence-corrected chi connectivity index (χ4v) is 4.06. The van der Waals surface area contributed by atoms with Crippen molar-refractivity contribution in [2.24, 2.45) is 0 Å². The maximum absolute atomic E-state index is 13.3. The summed E-state index contributed by atoms with van der Waals surface area (Å²) >= 11 is 3.37. The molecule has 0 aliphatic carbocycles. The molecule has 1 heterocycles. The molecule has 0 unspecified atom stereocenters. The Morgan fingerprint density at radius 2 is 1.85 bits per heavy atom. The van der Waals surface area contributed by atoms with Crippen LogP contribution in [0.4, 0.5) is 17.1 Å². The molecule has 3 aromatic rings. The number of hydrogen-bond donors (Lipinski definition) is 2. The molecule has 2 N–H and O–H groups in total. The van der Waals surface area contributed by atoms with Gasteiger partial charge in [0.1, 0.15) is 11.8 Å². The zero-order valence-electron chi connectivity index (χ0n) is 18.3. The maximum atomic E-state index is 13.3. The summed E-state index contributed by atoms with van der Waals surface area (Å²) in [6.45, 7) is 0. The Morgan fingerprint density at radius 1 is 1.09 bits per heavy atom. The second-order valence-electron chi connectivity index (χ2n) is 7.60. The number of halogens is 1. The van der Waals surface area contributed by atoms with Crippen LogP contribution in [0.15, 0.2) is 83.3 Å². The predicted molar refractivity (Wildman–Crippen MR) is 136 cm³/mol. The third kappa shape index (κ3) is 5.35. The minimum absolute atomic E-state index is 0.200. The molecule has 4 rings (SSSR count). The summed E-state index contributed by atoms with van der Waals surface area (Å²) in [5.41, 5.74) is 2.44. The number of nitrogens with one attached hydrogen (secondary N) is 2. The normalized spacial score (nSPS) is 14.9.